The number of rotatable bonds is 3. The fraction of sp³-hybridized carbons (Fsp3) is 0.455. The quantitative estimate of drug-likeness (QED) is 0.815. The van der Waals surface area contributed by atoms with Gasteiger partial charge in [-0.3, -0.25) is 9.78 Å². The lowest BCUT2D eigenvalue weighted by Gasteiger charge is -2.39. The Morgan fingerprint density at radius 3 is 2.64 bits per heavy atom. The first-order chi connectivity index (χ1) is 13.5. The maximum Gasteiger partial charge on any atom is 0.272 e. The molecule has 2 fully saturated rings. The maximum absolute atomic E-state index is 13.2. The third kappa shape index (κ3) is 3.61. The van der Waals surface area contributed by atoms with Gasteiger partial charge in [-0.15, -0.1) is 0 Å². The number of amides is 1. The van der Waals surface area contributed by atoms with Crippen molar-refractivity contribution in [1.29, 1.82) is 0 Å². The number of hydrogen-bond donors (Lipinski definition) is 0. The van der Waals surface area contributed by atoms with Crippen LogP contribution in [0.25, 0.3) is 0 Å². The summed E-state index contributed by atoms with van der Waals surface area (Å²) in [6, 6.07) is 10.6. The fourth-order valence-electron chi connectivity index (χ4n) is 4.28. The summed E-state index contributed by atoms with van der Waals surface area (Å²) in [4.78, 5) is 21.1. The molecule has 4 rings (SSSR count). The zero-order valence-corrected chi connectivity index (χ0v) is 16.4. The van der Waals surface area contributed by atoms with E-state index in [1.54, 1.807) is 18.3 Å². The number of benzene rings is 1. The molecule has 5 nitrogen and oxygen atoms in total. The molecule has 6 heteroatoms. The molecule has 2 saturated heterocycles. The van der Waals surface area contributed by atoms with Gasteiger partial charge in [-0.25, -0.2) is 4.39 Å². The fourth-order valence-corrected chi connectivity index (χ4v) is 4.28. The molecule has 1 aromatic heterocycles. The van der Waals surface area contributed by atoms with Gasteiger partial charge >= 0.3 is 0 Å². The summed E-state index contributed by atoms with van der Waals surface area (Å²) in [6.45, 7) is 3.94. The van der Waals surface area contributed by atoms with Gasteiger partial charge in [-0.05, 0) is 62.1 Å². The van der Waals surface area contributed by atoms with E-state index in [2.05, 4.69) is 9.88 Å². The number of aryl methyl sites for hydroxylation is 1. The van der Waals surface area contributed by atoms with Gasteiger partial charge in [-0.1, -0.05) is 6.07 Å². The van der Waals surface area contributed by atoms with Crippen LogP contribution in [0, 0.1) is 12.7 Å². The molecule has 2 aliphatic heterocycles. The van der Waals surface area contributed by atoms with Gasteiger partial charge in [0.1, 0.15) is 11.5 Å². The summed E-state index contributed by atoms with van der Waals surface area (Å²) in [5, 5.41) is 0. The van der Waals surface area contributed by atoms with Crippen molar-refractivity contribution in [2.75, 3.05) is 31.6 Å². The minimum Gasteiger partial charge on any atom is -0.373 e. The predicted octanol–water partition coefficient (Wildman–Crippen LogP) is 3.43. The molecule has 148 valence electrons. The summed E-state index contributed by atoms with van der Waals surface area (Å²) in [7, 11) is 2.03. The number of halogens is 1. The van der Waals surface area contributed by atoms with Crippen LogP contribution in [-0.4, -0.2) is 54.2 Å². The SMILES string of the molecule is Cc1cccnc1C(=O)N1CCC2(CC1)C[C@H](N(C)c1ccc(F)cc1)CO2. The predicted molar refractivity (Wildman–Crippen MR) is 106 cm³/mol. The van der Waals surface area contributed by atoms with Crippen LogP contribution >= 0.6 is 0 Å². The number of anilines is 1. The van der Waals surface area contributed by atoms with Crippen molar-refractivity contribution in [3.8, 4) is 0 Å². The first-order valence-corrected chi connectivity index (χ1v) is 9.81. The molecule has 0 unspecified atom stereocenters. The molecule has 0 bridgehead atoms. The Morgan fingerprint density at radius 1 is 1.25 bits per heavy atom. The molecule has 1 aromatic carbocycles. The summed E-state index contributed by atoms with van der Waals surface area (Å²) in [5.74, 6) is -0.220. The van der Waals surface area contributed by atoms with Gasteiger partial charge in [0.15, 0.2) is 0 Å². The lowest BCUT2D eigenvalue weighted by molar-refractivity contribution is -0.0389. The van der Waals surface area contributed by atoms with Crippen molar-refractivity contribution in [2.24, 2.45) is 0 Å². The average molecular weight is 383 g/mol. The highest BCUT2D eigenvalue weighted by Gasteiger charge is 2.44. The van der Waals surface area contributed by atoms with E-state index < -0.39 is 0 Å². The Morgan fingerprint density at radius 2 is 1.96 bits per heavy atom. The molecule has 1 amide bonds. The van der Waals surface area contributed by atoms with Crippen LogP contribution in [0.4, 0.5) is 10.1 Å². The maximum atomic E-state index is 13.2. The monoisotopic (exact) mass is 383 g/mol. The molecule has 3 heterocycles. The number of aromatic nitrogens is 1. The smallest absolute Gasteiger partial charge is 0.272 e. The van der Waals surface area contributed by atoms with Crippen LogP contribution in [0.2, 0.25) is 0 Å². The van der Waals surface area contributed by atoms with Crippen molar-refractivity contribution in [3.63, 3.8) is 0 Å². The largest absolute Gasteiger partial charge is 0.373 e. The molecular weight excluding hydrogens is 357 g/mol. The van der Waals surface area contributed by atoms with Crippen molar-refractivity contribution in [2.45, 2.75) is 37.8 Å². The molecule has 2 aliphatic rings. The van der Waals surface area contributed by atoms with Gasteiger partial charge in [0.05, 0.1) is 18.2 Å². The van der Waals surface area contributed by atoms with Crippen LogP contribution in [0.1, 0.15) is 35.3 Å². The summed E-state index contributed by atoms with van der Waals surface area (Å²) >= 11 is 0. The number of carbonyl (C=O) groups excluding carboxylic acids is 1. The number of piperidine rings is 1. The molecule has 2 aromatic rings. The summed E-state index contributed by atoms with van der Waals surface area (Å²) in [6.07, 6.45) is 4.25. The molecule has 0 radical (unpaired) electrons. The van der Waals surface area contributed by atoms with Gasteiger partial charge in [-0.2, -0.15) is 0 Å². The Labute approximate surface area is 165 Å². The Balaban J connectivity index is 1.38. The highest BCUT2D eigenvalue weighted by atomic mass is 19.1. The highest BCUT2D eigenvalue weighted by Crippen LogP contribution is 2.38. The second-order valence-electron chi connectivity index (χ2n) is 7.90. The van der Waals surface area contributed by atoms with Crippen LogP contribution in [0.15, 0.2) is 42.6 Å². The van der Waals surface area contributed by atoms with E-state index in [9.17, 15) is 9.18 Å². The number of likely N-dealkylation sites (N-methyl/N-ethyl adjacent to an activating group) is 1. The lowest BCUT2D eigenvalue weighted by atomic mass is 9.87. The van der Waals surface area contributed by atoms with Gasteiger partial charge in [0.25, 0.3) is 5.91 Å². The number of carbonyl (C=O) groups is 1. The first kappa shape index (κ1) is 18.9. The Hall–Kier alpha value is -2.47. The van der Waals surface area contributed by atoms with Crippen LogP contribution in [0.3, 0.4) is 0 Å². The van der Waals surface area contributed by atoms with Crippen molar-refractivity contribution < 1.29 is 13.9 Å². The van der Waals surface area contributed by atoms with Crippen molar-refractivity contribution >= 4 is 11.6 Å². The first-order valence-electron chi connectivity index (χ1n) is 9.81. The molecule has 1 atom stereocenters. The normalized spacial score (nSPS) is 21.1. The minimum atomic E-state index is -0.225. The molecular formula is C22H26FN3O2. The number of likely N-dealkylation sites (tertiary alicyclic amines) is 1. The van der Waals surface area contributed by atoms with E-state index in [4.69, 9.17) is 4.74 Å². The van der Waals surface area contributed by atoms with Gasteiger partial charge in [0, 0.05) is 32.0 Å². The number of pyridine rings is 1. The van der Waals surface area contributed by atoms with Gasteiger partial charge in [0.2, 0.25) is 0 Å². The van der Waals surface area contributed by atoms with E-state index in [1.807, 2.05) is 31.0 Å². The van der Waals surface area contributed by atoms with E-state index >= 15 is 0 Å². The second kappa shape index (κ2) is 7.51. The Kier molecular flexibility index (Phi) is 5.06. The molecule has 28 heavy (non-hydrogen) atoms. The zero-order chi connectivity index (χ0) is 19.7. The lowest BCUT2D eigenvalue weighted by Crippen LogP contribution is -2.47. The van der Waals surface area contributed by atoms with Crippen LogP contribution in [-0.2, 0) is 4.74 Å². The van der Waals surface area contributed by atoms with Crippen LogP contribution < -0.4 is 4.90 Å². The number of nitrogens with zero attached hydrogens (tertiary/aromatic N) is 3. The second-order valence-corrected chi connectivity index (χ2v) is 7.90. The molecule has 1 spiro atoms. The van der Waals surface area contributed by atoms with Gasteiger partial charge < -0.3 is 14.5 Å². The van der Waals surface area contributed by atoms with E-state index in [-0.39, 0.29) is 23.4 Å². The van der Waals surface area contributed by atoms with E-state index in [0.717, 1.165) is 30.5 Å². The summed E-state index contributed by atoms with van der Waals surface area (Å²) < 4.78 is 19.4. The van der Waals surface area contributed by atoms with E-state index in [1.165, 1.54) is 12.1 Å². The Bertz CT molecular complexity index is 847. The standard InChI is InChI=1S/C22H26FN3O2/c1-16-4-3-11-24-20(16)21(27)26-12-9-22(10-13-26)14-19(15-28-22)25(2)18-7-5-17(23)6-8-18/h3-8,11,19H,9-10,12-15H2,1-2H3/t19-/m0/s1. The average Bonchev–Trinajstić information content (AvgIpc) is 3.12. The molecule has 0 aliphatic carbocycles. The third-order valence-electron chi connectivity index (χ3n) is 6.15. The molecule has 0 saturated carbocycles. The van der Waals surface area contributed by atoms with Crippen LogP contribution in [0.5, 0.6) is 0 Å². The highest BCUT2D eigenvalue weighted by molar-refractivity contribution is 5.93. The van der Waals surface area contributed by atoms with Crippen molar-refractivity contribution in [3.05, 3.63) is 59.7 Å². The molecule has 0 N–H and O–H groups in total. The van der Waals surface area contributed by atoms with Crippen molar-refractivity contribution in [1.82, 2.24) is 9.88 Å². The number of hydrogen-bond acceptors (Lipinski definition) is 4. The number of ether oxygens (including phenoxy) is 1. The minimum absolute atomic E-state index is 0.00549. The summed E-state index contributed by atoms with van der Waals surface area (Å²) in [5.41, 5.74) is 2.27. The zero-order valence-electron chi connectivity index (χ0n) is 16.4. The topological polar surface area (TPSA) is 45.7 Å². The van der Waals surface area contributed by atoms with E-state index in [0.29, 0.717) is 25.4 Å². The third-order valence-corrected chi connectivity index (χ3v) is 6.15.